The van der Waals surface area contributed by atoms with Gasteiger partial charge in [-0.15, -0.1) is 0 Å². The highest BCUT2D eigenvalue weighted by atomic mass is 16.5. The minimum Gasteiger partial charge on any atom is -0.491 e. The number of ether oxygens (including phenoxy) is 1. The highest BCUT2D eigenvalue weighted by Gasteiger charge is 2.10. The quantitative estimate of drug-likeness (QED) is 0.621. The molecule has 0 saturated heterocycles. The van der Waals surface area contributed by atoms with Crippen molar-refractivity contribution in [3.8, 4) is 5.75 Å². The molecule has 0 fully saturated rings. The molecule has 19 heavy (non-hydrogen) atoms. The Morgan fingerprint density at radius 1 is 1.37 bits per heavy atom. The van der Waals surface area contributed by atoms with Gasteiger partial charge in [0.25, 0.3) is 0 Å². The van der Waals surface area contributed by atoms with Gasteiger partial charge in [0.05, 0.1) is 18.7 Å². The van der Waals surface area contributed by atoms with Crippen molar-refractivity contribution in [2.24, 2.45) is 5.73 Å². The second-order valence-corrected chi connectivity index (χ2v) is 4.28. The van der Waals surface area contributed by atoms with Crippen LogP contribution in [0.2, 0.25) is 0 Å². The van der Waals surface area contributed by atoms with Crippen LogP contribution in [-0.2, 0) is 9.59 Å². The van der Waals surface area contributed by atoms with Gasteiger partial charge in [-0.1, -0.05) is 12.1 Å². The van der Waals surface area contributed by atoms with Gasteiger partial charge in [0.1, 0.15) is 5.75 Å². The van der Waals surface area contributed by atoms with Crippen LogP contribution in [-0.4, -0.2) is 24.5 Å². The van der Waals surface area contributed by atoms with Crippen LogP contribution >= 0.6 is 0 Å². The number of carbonyl (C=O) groups is 2. The number of nitrogens with one attached hydrogen (secondary N) is 1. The molecule has 0 aliphatic heterocycles. The van der Waals surface area contributed by atoms with E-state index < -0.39 is 5.91 Å². The first kappa shape index (κ1) is 14.8. The third kappa shape index (κ3) is 5.76. The van der Waals surface area contributed by atoms with Crippen LogP contribution < -0.4 is 21.5 Å². The number of amides is 2. The zero-order chi connectivity index (χ0) is 14.3. The number of hydrogen-bond donors (Lipinski definition) is 3. The molecule has 5 N–H and O–H groups in total. The monoisotopic (exact) mass is 265 g/mol. The predicted molar refractivity (Wildman–Crippen MR) is 72.4 cm³/mol. The summed E-state index contributed by atoms with van der Waals surface area (Å²) in [5.74, 6) is -0.0788. The van der Waals surface area contributed by atoms with Crippen molar-refractivity contribution in [3.05, 3.63) is 24.3 Å². The van der Waals surface area contributed by atoms with E-state index in [2.05, 4.69) is 5.32 Å². The molecule has 0 heterocycles. The van der Waals surface area contributed by atoms with E-state index in [9.17, 15) is 9.59 Å². The molecule has 1 atom stereocenters. The predicted octanol–water partition coefficient (Wildman–Crippen LogP) is 0.418. The minimum atomic E-state index is -0.443. The second-order valence-electron chi connectivity index (χ2n) is 4.28. The number of benzene rings is 1. The van der Waals surface area contributed by atoms with Crippen LogP contribution in [0.15, 0.2) is 24.3 Å². The molecule has 1 aromatic carbocycles. The summed E-state index contributed by atoms with van der Waals surface area (Å²) >= 11 is 0. The van der Waals surface area contributed by atoms with Crippen molar-refractivity contribution in [1.82, 2.24) is 5.32 Å². The fourth-order valence-corrected chi connectivity index (χ4v) is 1.57. The van der Waals surface area contributed by atoms with Crippen molar-refractivity contribution in [2.75, 3.05) is 12.3 Å². The summed E-state index contributed by atoms with van der Waals surface area (Å²) < 4.78 is 5.39. The summed E-state index contributed by atoms with van der Waals surface area (Å²) in [6.07, 6.45) is 0.315. The molecule has 0 aliphatic rings. The van der Waals surface area contributed by atoms with Crippen LogP contribution in [0.5, 0.6) is 5.75 Å². The van der Waals surface area contributed by atoms with Crippen molar-refractivity contribution < 1.29 is 14.3 Å². The summed E-state index contributed by atoms with van der Waals surface area (Å²) in [7, 11) is 0. The number of rotatable bonds is 7. The van der Waals surface area contributed by atoms with E-state index in [0.717, 1.165) is 0 Å². The molecular weight excluding hydrogens is 246 g/mol. The Morgan fingerprint density at radius 3 is 2.68 bits per heavy atom. The first-order chi connectivity index (χ1) is 8.99. The molecule has 104 valence electrons. The third-order valence-corrected chi connectivity index (χ3v) is 2.42. The molecular formula is C13H19N3O3. The molecule has 1 aromatic rings. The van der Waals surface area contributed by atoms with Gasteiger partial charge >= 0.3 is 0 Å². The summed E-state index contributed by atoms with van der Waals surface area (Å²) in [6.45, 7) is 1.95. The Balaban J connectivity index is 2.28. The maximum absolute atomic E-state index is 11.5. The lowest BCUT2D eigenvalue weighted by atomic mass is 10.2. The normalized spacial score (nSPS) is 11.6. The standard InChI is InChI=1S/C13H19N3O3/c1-9(8-12(15)17)16-13(18)6-7-19-11-5-3-2-4-10(11)14/h2-5,9H,6-8,14H2,1H3,(H2,15,17)(H,16,18). The number of hydrogen-bond acceptors (Lipinski definition) is 4. The van der Waals surface area contributed by atoms with E-state index in [-0.39, 0.29) is 31.4 Å². The van der Waals surface area contributed by atoms with Gasteiger partial charge < -0.3 is 21.5 Å². The largest absolute Gasteiger partial charge is 0.491 e. The maximum atomic E-state index is 11.5. The van der Waals surface area contributed by atoms with E-state index >= 15 is 0 Å². The SMILES string of the molecule is CC(CC(N)=O)NC(=O)CCOc1ccccc1N. The Morgan fingerprint density at radius 2 is 2.05 bits per heavy atom. The maximum Gasteiger partial charge on any atom is 0.223 e. The molecule has 0 aromatic heterocycles. The Hall–Kier alpha value is -2.24. The molecule has 0 aliphatic carbocycles. The fourth-order valence-electron chi connectivity index (χ4n) is 1.57. The number of nitrogens with two attached hydrogens (primary N) is 2. The second kappa shape index (κ2) is 7.25. The number of anilines is 1. The molecule has 1 unspecified atom stereocenters. The lowest BCUT2D eigenvalue weighted by Crippen LogP contribution is -2.36. The van der Waals surface area contributed by atoms with E-state index in [4.69, 9.17) is 16.2 Å². The Labute approximate surface area is 112 Å². The molecule has 0 saturated carbocycles. The summed E-state index contributed by atoms with van der Waals surface area (Å²) in [6, 6.07) is 6.81. The van der Waals surface area contributed by atoms with Gasteiger partial charge in [0, 0.05) is 12.5 Å². The van der Waals surface area contributed by atoms with Crippen LogP contribution in [0.1, 0.15) is 19.8 Å². The molecule has 0 radical (unpaired) electrons. The average molecular weight is 265 g/mol. The zero-order valence-corrected chi connectivity index (χ0v) is 10.9. The van der Waals surface area contributed by atoms with Crippen LogP contribution in [0, 0.1) is 0 Å². The number of para-hydroxylation sites is 2. The molecule has 1 rings (SSSR count). The van der Waals surface area contributed by atoms with Gasteiger partial charge in [0.2, 0.25) is 11.8 Å². The van der Waals surface area contributed by atoms with E-state index in [1.807, 2.05) is 0 Å². The highest BCUT2D eigenvalue weighted by Crippen LogP contribution is 2.19. The molecule has 6 heteroatoms. The highest BCUT2D eigenvalue weighted by molar-refractivity contribution is 5.78. The lowest BCUT2D eigenvalue weighted by Gasteiger charge is -2.12. The average Bonchev–Trinajstić information content (AvgIpc) is 2.30. The third-order valence-electron chi connectivity index (χ3n) is 2.42. The van der Waals surface area contributed by atoms with Gasteiger partial charge in [-0.2, -0.15) is 0 Å². The number of nitrogen functional groups attached to an aromatic ring is 1. The number of carbonyl (C=O) groups excluding carboxylic acids is 2. The van der Waals surface area contributed by atoms with Crippen LogP contribution in [0.25, 0.3) is 0 Å². The topological polar surface area (TPSA) is 107 Å². The number of primary amides is 1. The molecule has 0 spiro atoms. The Kier molecular flexibility index (Phi) is 5.66. The molecule has 2 amide bonds. The first-order valence-electron chi connectivity index (χ1n) is 6.04. The van der Waals surface area contributed by atoms with Gasteiger partial charge in [-0.25, -0.2) is 0 Å². The first-order valence-corrected chi connectivity index (χ1v) is 6.04. The molecule has 0 bridgehead atoms. The van der Waals surface area contributed by atoms with E-state index in [0.29, 0.717) is 11.4 Å². The van der Waals surface area contributed by atoms with Crippen molar-refractivity contribution >= 4 is 17.5 Å². The zero-order valence-electron chi connectivity index (χ0n) is 10.9. The summed E-state index contributed by atoms with van der Waals surface area (Å²) in [4.78, 5) is 22.2. The molecule has 6 nitrogen and oxygen atoms in total. The van der Waals surface area contributed by atoms with Gasteiger partial charge in [0.15, 0.2) is 0 Å². The van der Waals surface area contributed by atoms with Gasteiger partial charge in [-0.05, 0) is 19.1 Å². The van der Waals surface area contributed by atoms with Crippen molar-refractivity contribution in [3.63, 3.8) is 0 Å². The van der Waals surface area contributed by atoms with E-state index in [1.165, 1.54) is 0 Å². The van der Waals surface area contributed by atoms with Crippen LogP contribution in [0.4, 0.5) is 5.69 Å². The minimum absolute atomic E-state index is 0.123. The van der Waals surface area contributed by atoms with Crippen molar-refractivity contribution in [2.45, 2.75) is 25.8 Å². The summed E-state index contributed by atoms with van der Waals surface area (Å²) in [5.41, 5.74) is 11.3. The van der Waals surface area contributed by atoms with E-state index in [1.54, 1.807) is 31.2 Å². The van der Waals surface area contributed by atoms with Gasteiger partial charge in [-0.3, -0.25) is 9.59 Å². The lowest BCUT2D eigenvalue weighted by molar-refractivity contribution is -0.122. The van der Waals surface area contributed by atoms with Crippen LogP contribution in [0.3, 0.4) is 0 Å². The van der Waals surface area contributed by atoms with Crippen molar-refractivity contribution in [1.29, 1.82) is 0 Å². The fraction of sp³-hybridized carbons (Fsp3) is 0.385. The smallest absolute Gasteiger partial charge is 0.223 e. The Bertz CT molecular complexity index is 449. The summed E-state index contributed by atoms with van der Waals surface area (Å²) in [5, 5.41) is 2.66.